The molecule has 0 unspecified atom stereocenters. The highest BCUT2D eigenvalue weighted by molar-refractivity contribution is 7.17. The lowest BCUT2D eigenvalue weighted by Gasteiger charge is -2.36. The standard InChI is InChI=1S/C22H29N3O2S/c1-5-22(3,4)14-9-10-16-17(12-14)28-20(18(16)19(23)26)25-21(27)24-15-8-6-7-13(2)11-15/h6-8,11,14H,5,9-10,12H2,1-4H3,(H2,23,26)(H2,24,25,27)/t14-/m1/s1. The summed E-state index contributed by atoms with van der Waals surface area (Å²) in [6.07, 6.45) is 3.92. The van der Waals surface area contributed by atoms with Crippen LogP contribution in [0.2, 0.25) is 0 Å². The van der Waals surface area contributed by atoms with Crippen LogP contribution in [0.5, 0.6) is 0 Å². The monoisotopic (exact) mass is 399 g/mol. The van der Waals surface area contributed by atoms with Crippen molar-refractivity contribution in [1.82, 2.24) is 0 Å². The largest absolute Gasteiger partial charge is 0.365 e. The van der Waals surface area contributed by atoms with E-state index in [2.05, 4.69) is 31.4 Å². The SMILES string of the molecule is CCC(C)(C)[C@@H]1CCc2c(sc(NC(=O)Nc3cccc(C)c3)c2C(N)=O)C1. The molecule has 0 aliphatic heterocycles. The molecule has 1 atom stereocenters. The summed E-state index contributed by atoms with van der Waals surface area (Å²) in [6, 6.07) is 7.22. The zero-order valence-electron chi connectivity index (χ0n) is 17.0. The number of primary amides is 1. The first kappa shape index (κ1) is 20.4. The van der Waals surface area contributed by atoms with Crippen molar-refractivity contribution >= 4 is 34.0 Å². The highest BCUT2D eigenvalue weighted by Gasteiger charge is 2.35. The number of benzene rings is 1. The minimum absolute atomic E-state index is 0.255. The molecule has 0 radical (unpaired) electrons. The van der Waals surface area contributed by atoms with Crippen LogP contribution >= 0.6 is 11.3 Å². The van der Waals surface area contributed by atoms with E-state index in [1.54, 1.807) is 0 Å². The molecule has 4 N–H and O–H groups in total. The average Bonchev–Trinajstić information content (AvgIpc) is 2.98. The minimum Gasteiger partial charge on any atom is -0.365 e. The van der Waals surface area contributed by atoms with Gasteiger partial charge in [-0.15, -0.1) is 11.3 Å². The van der Waals surface area contributed by atoms with Crippen LogP contribution < -0.4 is 16.4 Å². The third kappa shape index (κ3) is 4.22. The molecule has 1 heterocycles. The summed E-state index contributed by atoms with van der Waals surface area (Å²) in [5.74, 6) is 0.0925. The minimum atomic E-state index is -0.475. The van der Waals surface area contributed by atoms with Crippen LogP contribution in [0.1, 0.15) is 60.0 Å². The summed E-state index contributed by atoms with van der Waals surface area (Å²) in [4.78, 5) is 25.8. The smallest absolute Gasteiger partial charge is 0.324 e. The maximum atomic E-state index is 12.5. The van der Waals surface area contributed by atoms with Crippen molar-refractivity contribution in [2.24, 2.45) is 17.1 Å². The number of anilines is 2. The van der Waals surface area contributed by atoms with E-state index in [1.165, 1.54) is 16.2 Å². The fourth-order valence-electron chi connectivity index (χ4n) is 3.88. The Labute approximate surface area is 170 Å². The number of hydrogen-bond donors (Lipinski definition) is 3. The predicted octanol–water partition coefficient (Wildman–Crippen LogP) is 5.34. The van der Waals surface area contributed by atoms with Crippen LogP contribution in [0, 0.1) is 18.3 Å². The topological polar surface area (TPSA) is 84.2 Å². The molecular weight excluding hydrogens is 370 g/mol. The van der Waals surface area contributed by atoms with Gasteiger partial charge < -0.3 is 11.1 Å². The van der Waals surface area contributed by atoms with Crippen LogP contribution in [0.4, 0.5) is 15.5 Å². The molecule has 0 saturated heterocycles. The Morgan fingerprint density at radius 2 is 2.04 bits per heavy atom. The van der Waals surface area contributed by atoms with Crippen molar-refractivity contribution in [3.05, 3.63) is 45.8 Å². The van der Waals surface area contributed by atoms with Crippen molar-refractivity contribution in [2.45, 2.75) is 53.4 Å². The Morgan fingerprint density at radius 1 is 1.29 bits per heavy atom. The van der Waals surface area contributed by atoms with E-state index in [-0.39, 0.29) is 11.4 Å². The highest BCUT2D eigenvalue weighted by atomic mass is 32.1. The van der Waals surface area contributed by atoms with Crippen LogP contribution in [-0.4, -0.2) is 11.9 Å². The second-order valence-electron chi connectivity index (χ2n) is 8.30. The second-order valence-corrected chi connectivity index (χ2v) is 9.41. The van der Waals surface area contributed by atoms with E-state index in [1.807, 2.05) is 31.2 Å². The number of carbonyl (C=O) groups is 2. The fraction of sp³-hybridized carbons (Fsp3) is 0.455. The number of amides is 3. The molecule has 1 aromatic heterocycles. The lowest BCUT2D eigenvalue weighted by atomic mass is 9.69. The van der Waals surface area contributed by atoms with Gasteiger partial charge in [0.2, 0.25) is 0 Å². The first-order valence-corrected chi connectivity index (χ1v) is 10.6. The molecule has 5 nitrogen and oxygen atoms in total. The van der Waals surface area contributed by atoms with Crippen molar-refractivity contribution in [2.75, 3.05) is 10.6 Å². The van der Waals surface area contributed by atoms with Gasteiger partial charge in [0.05, 0.1) is 5.56 Å². The van der Waals surface area contributed by atoms with Gasteiger partial charge in [0.1, 0.15) is 5.00 Å². The Hall–Kier alpha value is -2.34. The lowest BCUT2D eigenvalue weighted by Crippen LogP contribution is -2.29. The van der Waals surface area contributed by atoms with Crippen molar-refractivity contribution in [1.29, 1.82) is 0 Å². The molecule has 28 heavy (non-hydrogen) atoms. The first-order valence-electron chi connectivity index (χ1n) is 9.80. The summed E-state index contributed by atoms with van der Waals surface area (Å²) in [6.45, 7) is 8.80. The Bertz CT molecular complexity index is 901. The molecule has 0 saturated carbocycles. The van der Waals surface area contributed by atoms with Gasteiger partial charge in [-0.1, -0.05) is 39.3 Å². The van der Waals surface area contributed by atoms with Crippen LogP contribution in [0.25, 0.3) is 0 Å². The van der Waals surface area contributed by atoms with Crippen LogP contribution in [0.3, 0.4) is 0 Å². The molecule has 150 valence electrons. The average molecular weight is 400 g/mol. The van der Waals surface area contributed by atoms with Crippen molar-refractivity contribution in [3.63, 3.8) is 0 Å². The Balaban J connectivity index is 1.82. The highest BCUT2D eigenvalue weighted by Crippen LogP contribution is 2.45. The number of carbonyl (C=O) groups excluding carboxylic acids is 2. The summed E-state index contributed by atoms with van der Waals surface area (Å²) in [5.41, 5.74) is 9.20. The maximum Gasteiger partial charge on any atom is 0.324 e. The van der Waals surface area contributed by atoms with Gasteiger partial charge in [0.15, 0.2) is 0 Å². The third-order valence-electron chi connectivity index (χ3n) is 6.03. The zero-order chi connectivity index (χ0) is 20.5. The molecule has 3 amide bonds. The fourth-order valence-corrected chi connectivity index (χ4v) is 5.21. The molecule has 1 aliphatic rings. The summed E-state index contributed by atoms with van der Waals surface area (Å²) in [5, 5.41) is 6.23. The molecule has 0 spiro atoms. The van der Waals surface area contributed by atoms with Gasteiger partial charge in [-0.2, -0.15) is 0 Å². The van der Waals surface area contributed by atoms with E-state index in [0.29, 0.717) is 22.2 Å². The quantitative estimate of drug-likeness (QED) is 0.634. The van der Waals surface area contributed by atoms with Crippen LogP contribution in [-0.2, 0) is 12.8 Å². The van der Waals surface area contributed by atoms with Gasteiger partial charge in [-0.05, 0) is 60.8 Å². The number of urea groups is 1. The van der Waals surface area contributed by atoms with Gasteiger partial charge >= 0.3 is 6.03 Å². The van der Waals surface area contributed by atoms with E-state index in [9.17, 15) is 9.59 Å². The van der Waals surface area contributed by atoms with E-state index < -0.39 is 5.91 Å². The van der Waals surface area contributed by atoms with E-state index in [0.717, 1.165) is 36.8 Å². The maximum absolute atomic E-state index is 12.5. The number of fused-ring (bicyclic) bond motifs is 1. The predicted molar refractivity (Wildman–Crippen MR) is 116 cm³/mol. The summed E-state index contributed by atoms with van der Waals surface area (Å²) in [7, 11) is 0. The molecule has 0 fully saturated rings. The zero-order valence-corrected chi connectivity index (χ0v) is 17.8. The van der Waals surface area contributed by atoms with Gasteiger partial charge in [0, 0.05) is 10.6 Å². The van der Waals surface area contributed by atoms with E-state index in [4.69, 9.17) is 5.73 Å². The molecule has 3 rings (SSSR count). The summed E-state index contributed by atoms with van der Waals surface area (Å²) >= 11 is 1.49. The number of hydrogen-bond acceptors (Lipinski definition) is 3. The van der Waals surface area contributed by atoms with E-state index >= 15 is 0 Å². The van der Waals surface area contributed by atoms with Gasteiger partial charge in [-0.3, -0.25) is 10.1 Å². The normalized spacial score (nSPS) is 16.4. The summed E-state index contributed by atoms with van der Waals surface area (Å²) < 4.78 is 0. The van der Waals surface area contributed by atoms with Crippen molar-refractivity contribution in [3.8, 4) is 0 Å². The van der Waals surface area contributed by atoms with Gasteiger partial charge in [-0.25, -0.2) is 4.79 Å². The molecule has 1 aromatic carbocycles. The number of thiophene rings is 1. The molecular formula is C22H29N3O2S. The first-order chi connectivity index (χ1) is 13.2. The Morgan fingerprint density at radius 3 is 2.68 bits per heavy atom. The number of nitrogens with two attached hydrogens (primary N) is 1. The number of rotatable bonds is 5. The Kier molecular flexibility index (Phi) is 5.79. The second kappa shape index (κ2) is 7.95. The molecule has 2 aromatic rings. The molecule has 1 aliphatic carbocycles. The third-order valence-corrected chi connectivity index (χ3v) is 7.20. The number of aryl methyl sites for hydroxylation is 1. The van der Waals surface area contributed by atoms with Gasteiger partial charge in [0.25, 0.3) is 5.91 Å². The van der Waals surface area contributed by atoms with Crippen molar-refractivity contribution < 1.29 is 9.59 Å². The molecule has 6 heteroatoms. The molecule has 0 bridgehead atoms. The number of nitrogens with one attached hydrogen (secondary N) is 2. The van der Waals surface area contributed by atoms with Crippen LogP contribution in [0.15, 0.2) is 24.3 Å². The lowest BCUT2D eigenvalue weighted by molar-refractivity contribution is 0.1000.